The van der Waals surface area contributed by atoms with E-state index in [4.69, 9.17) is 4.74 Å². The normalized spacial score (nSPS) is 10.7. The quantitative estimate of drug-likeness (QED) is 0.557. The molecule has 2 rings (SSSR count). The van der Waals surface area contributed by atoms with Crippen molar-refractivity contribution in [3.8, 4) is 0 Å². The maximum Gasteiger partial charge on any atom is 0.341 e. The molecule has 0 unspecified atom stereocenters. The number of hydrogen-bond donors (Lipinski definition) is 1. The van der Waals surface area contributed by atoms with E-state index in [9.17, 15) is 9.59 Å². The van der Waals surface area contributed by atoms with Crippen molar-refractivity contribution in [1.82, 2.24) is 14.8 Å². The highest BCUT2D eigenvalue weighted by atomic mass is 32.2. The zero-order valence-electron chi connectivity index (χ0n) is 14.8. The van der Waals surface area contributed by atoms with Crippen LogP contribution in [0.1, 0.15) is 41.3 Å². The third-order valence-corrected chi connectivity index (χ3v) is 5.22. The molecule has 7 nitrogen and oxygen atoms in total. The number of carbonyl (C=O) groups is 2. The fourth-order valence-electron chi connectivity index (χ4n) is 2.21. The smallest absolute Gasteiger partial charge is 0.341 e. The fourth-order valence-corrected chi connectivity index (χ4v) is 3.94. The van der Waals surface area contributed by atoms with Crippen LogP contribution < -0.4 is 5.32 Å². The number of hydrogen-bond acceptors (Lipinski definition) is 7. The predicted molar refractivity (Wildman–Crippen MR) is 99.4 cm³/mol. The van der Waals surface area contributed by atoms with Crippen LogP contribution in [0, 0.1) is 13.8 Å². The number of rotatable bonds is 8. The van der Waals surface area contributed by atoms with Gasteiger partial charge in [-0.1, -0.05) is 18.7 Å². The number of ether oxygens (including phenoxy) is 1. The molecule has 1 N–H and O–H groups in total. The summed E-state index contributed by atoms with van der Waals surface area (Å²) in [6.45, 7) is 8.72. The SMILES string of the molecule is CCCn1c(C)nnc1SCC(=O)Nc1sc(C)cc1C(=O)OCC. The maximum absolute atomic E-state index is 12.3. The van der Waals surface area contributed by atoms with Crippen molar-refractivity contribution in [3.05, 3.63) is 22.3 Å². The Morgan fingerprint density at radius 2 is 2.08 bits per heavy atom. The first-order chi connectivity index (χ1) is 12.0. The van der Waals surface area contributed by atoms with Gasteiger partial charge >= 0.3 is 5.97 Å². The van der Waals surface area contributed by atoms with E-state index in [-0.39, 0.29) is 11.7 Å². The van der Waals surface area contributed by atoms with E-state index in [1.807, 2.05) is 18.4 Å². The first kappa shape index (κ1) is 19.5. The summed E-state index contributed by atoms with van der Waals surface area (Å²) in [4.78, 5) is 25.2. The Morgan fingerprint density at radius 1 is 1.32 bits per heavy atom. The summed E-state index contributed by atoms with van der Waals surface area (Å²) in [6, 6.07) is 1.73. The van der Waals surface area contributed by atoms with Crippen molar-refractivity contribution >= 4 is 40.0 Å². The van der Waals surface area contributed by atoms with Gasteiger partial charge in [-0.3, -0.25) is 4.79 Å². The number of aromatic nitrogens is 3. The molecule has 0 aliphatic carbocycles. The molecule has 0 saturated heterocycles. The second-order valence-electron chi connectivity index (χ2n) is 5.34. The molecule has 0 radical (unpaired) electrons. The molecule has 0 saturated carbocycles. The summed E-state index contributed by atoms with van der Waals surface area (Å²) in [6.07, 6.45) is 0.968. The molecule has 0 aliphatic heterocycles. The molecule has 0 fully saturated rings. The minimum absolute atomic E-state index is 0.193. The number of thiophene rings is 1. The first-order valence-corrected chi connectivity index (χ1v) is 9.86. The Kier molecular flexibility index (Phi) is 7.01. The van der Waals surface area contributed by atoms with E-state index in [1.54, 1.807) is 13.0 Å². The molecule has 2 heterocycles. The van der Waals surface area contributed by atoms with Gasteiger partial charge in [-0.05, 0) is 33.3 Å². The van der Waals surface area contributed by atoms with Crippen LogP contribution in [0.3, 0.4) is 0 Å². The summed E-state index contributed by atoms with van der Waals surface area (Å²) in [5.41, 5.74) is 0.396. The van der Waals surface area contributed by atoms with E-state index in [2.05, 4.69) is 22.4 Å². The lowest BCUT2D eigenvalue weighted by atomic mass is 10.3. The van der Waals surface area contributed by atoms with Gasteiger partial charge in [0.05, 0.1) is 17.9 Å². The van der Waals surface area contributed by atoms with Crippen LogP contribution in [-0.2, 0) is 16.1 Å². The standard InChI is InChI=1S/C16H22N4O3S2/c1-5-7-20-11(4)18-19-16(20)24-9-13(21)17-14-12(8-10(3)25-14)15(22)23-6-2/h8H,5-7,9H2,1-4H3,(H,17,21). The van der Waals surface area contributed by atoms with Crippen LogP contribution in [0.5, 0.6) is 0 Å². The predicted octanol–water partition coefficient (Wildman–Crippen LogP) is 3.27. The lowest BCUT2D eigenvalue weighted by Gasteiger charge is -2.07. The molecule has 2 aromatic rings. The van der Waals surface area contributed by atoms with Gasteiger partial charge in [-0.15, -0.1) is 21.5 Å². The summed E-state index contributed by atoms with van der Waals surface area (Å²) >= 11 is 2.69. The van der Waals surface area contributed by atoms with Crippen LogP contribution in [-0.4, -0.2) is 39.0 Å². The Bertz CT molecular complexity index is 755. The average molecular weight is 383 g/mol. The third-order valence-electron chi connectivity index (χ3n) is 3.28. The molecule has 1 amide bonds. The number of anilines is 1. The van der Waals surface area contributed by atoms with Gasteiger partial charge in [-0.2, -0.15) is 0 Å². The highest BCUT2D eigenvalue weighted by molar-refractivity contribution is 7.99. The molecule has 2 aromatic heterocycles. The van der Waals surface area contributed by atoms with Crippen molar-refractivity contribution in [3.63, 3.8) is 0 Å². The molecule has 0 atom stereocenters. The highest BCUT2D eigenvalue weighted by Crippen LogP contribution is 2.28. The van der Waals surface area contributed by atoms with Gasteiger partial charge in [0.25, 0.3) is 0 Å². The summed E-state index contributed by atoms with van der Waals surface area (Å²) < 4.78 is 7.03. The zero-order chi connectivity index (χ0) is 18.4. The second kappa shape index (κ2) is 9.00. The van der Waals surface area contributed by atoms with E-state index in [1.165, 1.54) is 23.1 Å². The van der Waals surface area contributed by atoms with Crippen LogP contribution in [0.15, 0.2) is 11.2 Å². The monoisotopic (exact) mass is 382 g/mol. The van der Waals surface area contributed by atoms with Gasteiger partial charge in [0.2, 0.25) is 5.91 Å². The second-order valence-corrected chi connectivity index (χ2v) is 7.54. The maximum atomic E-state index is 12.3. The van der Waals surface area contributed by atoms with Crippen molar-refractivity contribution < 1.29 is 14.3 Å². The van der Waals surface area contributed by atoms with E-state index < -0.39 is 5.97 Å². The molecular formula is C16H22N4O3S2. The Hall–Kier alpha value is -1.87. The van der Waals surface area contributed by atoms with Crippen LogP contribution >= 0.6 is 23.1 Å². The lowest BCUT2D eigenvalue weighted by Crippen LogP contribution is -2.16. The zero-order valence-corrected chi connectivity index (χ0v) is 16.4. The molecule has 0 spiro atoms. The van der Waals surface area contributed by atoms with Crippen LogP contribution in [0.4, 0.5) is 5.00 Å². The number of aryl methyl sites for hydroxylation is 2. The van der Waals surface area contributed by atoms with Gasteiger partial charge in [0.15, 0.2) is 5.16 Å². The van der Waals surface area contributed by atoms with Crippen molar-refractivity contribution in [2.45, 2.75) is 45.8 Å². The Labute approximate surface area is 155 Å². The van der Waals surface area contributed by atoms with Crippen LogP contribution in [0.25, 0.3) is 0 Å². The number of amides is 1. The highest BCUT2D eigenvalue weighted by Gasteiger charge is 2.18. The summed E-state index contributed by atoms with van der Waals surface area (Å²) in [5, 5.41) is 12.2. The van der Waals surface area contributed by atoms with E-state index >= 15 is 0 Å². The molecule has 0 aromatic carbocycles. The molecule has 136 valence electrons. The number of nitrogens with zero attached hydrogens (tertiary/aromatic N) is 3. The minimum atomic E-state index is -0.423. The number of thioether (sulfide) groups is 1. The van der Waals surface area contributed by atoms with Crippen molar-refractivity contribution in [2.24, 2.45) is 0 Å². The lowest BCUT2D eigenvalue weighted by molar-refractivity contribution is -0.113. The van der Waals surface area contributed by atoms with Crippen molar-refractivity contribution in [2.75, 3.05) is 17.7 Å². The largest absolute Gasteiger partial charge is 0.462 e. The number of nitrogens with one attached hydrogen (secondary N) is 1. The van der Waals surface area contributed by atoms with Gasteiger partial charge < -0.3 is 14.6 Å². The number of carbonyl (C=O) groups excluding carboxylic acids is 2. The molecule has 0 aliphatic rings. The number of esters is 1. The fraction of sp³-hybridized carbons (Fsp3) is 0.500. The van der Waals surface area contributed by atoms with Gasteiger partial charge in [0.1, 0.15) is 10.8 Å². The van der Waals surface area contributed by atoms with Gasteiger partial charge in [0, 0.05) is 11.4 Å². The van der Waals surface area contributed by atoms with E-state index in [0.717, 1.165) is 28.8 Å². The first-order valence-electron chi connectivity index (χ1n) is 8.06. The topological polar surface area (TPSA) is 86.1 Å². The Balaban J connectivity index is 2.00. The summed E-state index contributed by atoms with van der Waals surface area (Å²) in [7, 11) is 0. The minimum Gasteiger partial charge on any atom is -0.462 e. The Morgan fingerprint density at radius 3 is 2.76 bits per heavy atom. The molecule has 0 bridgehead atoms. The molecule has 25 heavy (non-hydrogen) atoms. The third kappa shape index (κ3) is 5.05. The average Bonchev–Trinajstić information content (AvgIpc) is 3.10. The van der Waals surface area contributed by atoms with Gasteiger partial charge in [-0.25, -0.2) is 4.79 Å². The molecular weight excluding hydrogens is 360 g/mol. The van der Waals surface area contributed by atoms with Crippen LogP contribution in [0.2, 0.25) is 0 Å². The summed E-state index contributed by atoms with van der Waals surface area (Å²) in [5.74, 6) is 0.415. The van der Waals surface area contributed by atoms with Crippen molar-refractivity contribution in [1.29, 1.82) is 0 Å². The van der Waals surface area contributed by atoms with E-state index in [0.29, 0.717) is 17.2 Å². The molecule has 9 heteroatoms.